The van der Waals surface area contributed by atoms with Crippen LogP contribution in [0.3, 0.4) is 0 Å². The van der Waals surface area contributed by atoms with Crippen molar-refractivity contribution in [3.63, 3.8) is 0 Å². The molecule has 0 fully saturated rings. The number of carbonyl (C=O) groups excluding carboxylic acids is 1. The van der Waals surface area contributed by atoms with E-state index in [-0.39, 0.29) is 32.6 Å². The number of aryl methyl sites for hydroxylation is 1. The summed E-state index contributed by atoms with van der Waals surface area (Å²) in [4.78, 5) is 17.2. The van der Waals surface area contributed by atoms with Crippen LogP contribution in [-0.4, -0.2) is 31.7 Å². The number of rotatable bonds is 4. The minimum absolute atomic E-state index is 0.0603. The van der Waals surface area contributed by atoms with Crippen molar-refractivity contribution in [3.05, 3.63) is 58.7 Å². The molecular weight excluding hydrogens is 443 g/mol. The van der Waals surface area contributed by atoms with Crippen LogP contribution in [-0.2, 0) is 20.8 Å². The Balaban J connectivity index is 2.41. The molecule has 5 nitrogen and oxygen atoms in total. The minimum Gasteiger partial charge on any atom is -0.465 e. The van der Waals surface area contributed by atoms with Crippen molar-refractivity contribution in [2.45, 2.75) is 44.0 Å². The Bertz CT molecular complexity index is 1330. The van der Waals surface area contributed by atoms with Crippen LogP contribution in [0.4, 0.5) is 13.2 Å². The summed E-state index contributed by atoms with van der Waals surface area (Å²) in [5, 5.41) is -0.423. The van der Waals surface area contributed by atoms with Crippen LogP contribution in [0.25, 0.3) is 22.2 Å². The third kappa shape index (κ3) is 4.09. The monoisotopic (exact) mass is 465 g/mol. The fourth-order valence-electron chi connectivity index (χ4n) is 3.54. The van der Waals surface area contributed by atoms with Gasteiger partial charge in [-0.25, -0.2) is 18.2 Å². The van der Waals surface area contributed by atoms with Gasteiger partial charge in [0.25, 0.3) is 0 Å². The fraction of sp³-hybridized carbons (Fsp3) is 0.304. The van der Waals surface area contributed by atoms with E-state index in [1.165, 1.54) is 31.4 Å². The van der Waals surface area contributed by atoms with Crippen LogP contribution in [0.2, 0.25) is 0 Å². The second-order valence-electron chi connectivity index (χ2n) is 7.76. The highest BCUT2D eigenvalue weighted by molar-refractivity contribution is 7.92. The molecule has 1 aromatic heterocycles. The molecule has 9 heteroatoms. The van der Waals surface area contributed by atoms with Gasteiger partial charge >= 0.3 is 12.1 Å². The maximum Gasteiger partial charge on any atom is 0.416 e. The molecule has 0 atom stereocenters. The van der Waals surface area contributed by atoms with Gasteiger partial charge in [0, 0.05) is 10.9 Å². The lowest BCUT2D eigenvalue weighted by Gasteiger charge is -2.17. The first-order valence-corrected chi connectivity index (χ1v) is 11.3. The molecule has 0 bridgehead atoms. The Morgan fingerprint density at radius 3 is 2.31 bits per heavy atom. The lowest BCUT2D eigenvalue weighted by molar-refractivity contribution is -0.137. The summed E-state index contributed by atoms with van der Waals surface area (Å²) in [6.07, 6.45) is -4.54. The third-order valence-electron chi connectivity index (χ3n) is 5.31. The number of methoxy groups -OCH3 is 1. The van der Waals surface area contributed by atoms with Gasteiger partial charge in [-0.05, 0) is 63.1 Å². The van der Waals surface area contributed by atoms with Gasteiger partial charge in [0.05, 0.1) is 39.6 Å². The molecule has 0 unspecified atom stereocenters. The number of esters is 1. The molecule has 0 amide bonds. The Morgan fingerprint density at radius 1 is 1.09 bits per heavy atom. The molecule has 0 aliphatic rings. The molecule has 0 aliphatic carbocycles. The highest BCUT2D eigenvalue weighted by Crippen LogP contribution is 2.36. The van der Waals surface area contributed by atoms with E-state index >= 15 is 0 Å². The van der Waals surface area contributed by atoms with E-state index in [0.29, 0.717) is 11.1 Å². The van der Waals surface area contributed by atoms with Crippen molar-refractivity contribution in [1.82, 2.24) is 4.98 Å². The summed E-state index contributed by atoms with van der Waals surface area (Å²) in [6.45, 7) is 6.27. The number of carbonyl (C=O) groups is 1. The standard InChI is InChI=1S/C23H22F3NO4S/c1-12(2)32(29,30)19-11-17-18(9-13(19)3)27-21(14(4)20(17)22(28)31-5)15-7-6-8-16(10-15)23(24,25)26/h6-12H,1-5H3. The fourth-order valence-corrected chi connectivity index (χ4v) is 4.84. The van der Waals surface area contributed by atoms with E-state index in [1.54, 1.807) is 27.7 Å². The maximum atomic E-state index is 13.2. The van der Waals surface area contributed by atoms with Crippen molar-refractivity contribution in [2.75, 3.05) is 7.11 Å². The third-order valence-corrected chi connectivity index (χ3v) is 7.60. The molecular formula is C23H22F3NO4S. The number of halogens is 3. The predicted octanol–water partition coefficient (Wildman–Crippen LogP) is 5.51. The Kier molecular flexibility index (Phi) is 6.08. The van der Waals surface area contributed by atoms with Crippen molar-refractivity contribution >= 4 is 26.7 Å². The van der Waals surface area contributed by atoms with E-state index in [1.807, 2.05) is 0 Å². The first-order valence-electron chi connectivity index (χ1n) is 9.73. The number of ether oxygens (including phenoxy) is 1. The number of benzene rings is 2. The van der Waals surface area contributed by atoms with Gasteiger partial charge in [-0.1, -0.05) is 12.1 Å². The van der Waals surface area contributed by atoms with Gasteiger partial charge in [0.15, 0.2) is 9.84 Å². The van der Waals surface area contributed by atoms with Gasteiger partial charge in [-0.3, -0.25) is 0 Å². The molecule has 32 heavy (non-hydrogen) atoms. The van der Waals surface area contributed by atoms with Crippen molar-refractivity contribution in [2.24, 2.45) is 0 Å². The molecule has 3 aromatic rings. The maximum absolute atomic E-state index is 13.2. The summed E-state index contributed by atoms with van der Waals surface area (Å²) in [5.74, 6) is -0.736. The lowest BCUT2D eigenvalue weighted by Crippen LogP contribution is -2.16. The highest BCUT2D eigenvalue weighted by Gasteiger charge is 2.31. The number of aromatic nitrogens is 1. The number of hydrogen-bond donors (Lipinski definition) is 0. The zero-order valence-corrected chi connectivity index (χ0v) is 19.0. The average Bonchev–Trinajstić information content (AvgIpc) is 2.71. The first kappa shape index (κ1) is 23.7. The lowest BCUT2D eigenvalue weighted by atomic mass is 9.96. The minimum atomic E-state index is -4.54. The summed E-state index contributed by atoms with van der Waals surface area (Å²) in [6, 6.07) is 7.57. The van der Waals surface area contributed by atoms with Crippen LogP contribution in [0.15, 0.2) is 41.3 Å². The normalized spacial score (nSPS) is 12.4. The Morgan fingerprint density at radius 2 is 1.75 bits per heavy atom. The second-order valence-corrected chi connectivity index (χ2v) is 10.2. The quantitative estimate of drug-likeness (QED) is 0.476. The average molecular weight is 465 g/mol. The van der Waals surface area contributed by atoms with Crippen molar-refractivity contribution in [3.8, 4) is 11.3 Å². The summed E-state index contributed by atoms with van der Waals surface area (Å²) >= 11 is 0. The second kappa shape index (κ2) is 8.20. The van der Waals surface area contributed by atoms with Crippen LogP contribution in [0.1, 0.15) is 40.9 Å². The molecule has 170 valence electrons. The number of pyridine rings is 1. The first-order chi connectivity index (χ1) is 14.8. The summed E-state index contributed by atoms with van der Waals surface area (Å²) in [5.41, 5.74) is 0.580. The molecule has 0 saturated carbocycles. The molecule has 0 N–H and O–H groups in total. The van der Waals surface area contributed by atoms with E-state index in [2.05, 4.69) is 4.98 Å². The number of sulfone groups is 1. The van der Waals surface area contributed by atoms with Gasteiger partial charge in [-0.2, -0.15) is 13.2 Å². The van der Waals surface area contributed by atoms with Crippen LogP contribution >= 0.6 is 0 Å². The van der Waals surface area contributed by atoms with Gasteiger partial charge in [0.2, 0.25) is 0 Å². The van der Waals surface area contributed by atoms with E-state index in [9.17, 15) is 26.4 Å². The SMILES string of the molecule is COC(=O)c1c(C)c(-c2cccc(C(F)(F)F)c2)nc2cc(C)c(S(=O)(=O)C(C)C)cc12. The predicted molar refractivity (Wildman–Crippen MR) is 115 cm³/mol. The smallest absolute Gasteiger partial charge is 0.416 e. The largest absolute Gasteiger partial charge is 0.465 e. The molecule has 0 aliphatic heterocycles. The number of fused-ring (bicyclic) bond motifs is 1. The highest BCUT2D eigenvalue weighted by atomic mass is 32.2. The number of nitrogens with zero attached hydrogens (tertiary/aromatic N) is 1. The van der Waals surface area contributed by atoms with Crippen LogP contribution < -0.4 is 0 Å². The zero-order valence-electron chi connectivity index (χ0n) is 18.2. The molecule has 1 heterocycles. The van der Waals surface area contributed by atoms with Crippen molar-refractivity contribution < 1.29 is 31.1 Å². The van der Waals surface area contributed by atoms with E-state index < -0.39 is 32.8 Å². The van der Waals surface area contributed by atoms with Gasteiger partial charge < -0.3 is 4.74 Å². The number of alkyl halides is 3. The molecule has 3 rings (SSSR count). The molecule has 0 spiro atoms. The van der Waals surface area contributed by atoms with Gasteiger partial charge in [0.1, 0.15) is 0 Å². The molecule has 2 aromatic carbocycles. The molecule has 0 radical (unpaired) electrons. The molecule has 0 saturated heterocycles. The zero-order chi connectivity index (χ0) is 24.0. The van der Waals surface area contributed by atoms with Crippen LogP contribution in [0.5, 0.6) is 0 Å². The van der Waals surface area contributed by atoms with Gasteiger partial charge in [-0.15, -0.1) is 0 Å². The summed E-state index contributed by atoms with van der Waals surface area (Å²) in [7, 11) is -2.47. The van der Waals surface area contributed by atoms with E-state index in [4.69, 9.17) is 4.74 Å². The van der Waals surface area contributed by atoms with Crippen LogP contribution in [0, 0.1) is 13.8 Å². The summed E-state index contributed by atoms with van der Waals surface area (Å²) < 4.78 is 70.2. The number of hydrogen-bond acceptors (Lipinski definition) is 5. The Labute approximate surface area is 184 Å². The van der Waals surface area contributed by atoms with E-state index in [0.717, 1.165) is 12.1 Å². The topological polar surface area (TPSA) is 73.3 Å². The Hall–Kier alpha value is -2.94. The van der Waals surface area contributed by atoms with Crippen molar-refractivity contribution in [1.29, 1.82) is 0 Å².